The predicted octanol–water partition coefficient (Wildman–Crippen LogP) is 2.12. The molecule has 0 spiro atoms. The Morgan fingerprint density at radius 1 is 1.41 bits per heavy atom. The predicted molar refractivity (Wildman–Crippen MR) is 67.9 cm³/mol. The monoisotopic (exact) mass is 237 g/mol. The van der Waals surface area contributed by atoms with E-state index in [9.17, 15) is 0 Å². The third kappa shape index (κ3) is 3.82. The molecule has 0 unspecified atom stereocenters. The van der Waals surface area contributed by atoms with E-state index in [1.807, 2.05) is 7.05 Å². The molecule has 1 aromatic rings. The molecule has 1 fully saturated rings. The SMILES string of the molecule is CNCCOCc1ccn(C2CCCCC2)n1. The number of ether oxygens (including phenoxy) is 1. The molecule has 0 aliphatic heterocycles. The highest BCUT2D eigenvalue weighted by Gasteiger charge is 2.15. The highest BCUT2D eigenvalue weighted by Crippen LogP contribution is 2.27. The van der Waals surface area contributed by atoms with Crippen molar-refractivity contribution >= 4 is 0 Å². The summed E-state index contributed by atoms with van der Waals surface area (Å²) in [5, 5.41) is 7.66. The maximum absolute atomic E-state index is 5.52. The Hall–Kier alpha value is -0.870. The smallest absolute Gasteiger partial charge is 0.0907 e. The normalized spacial score (nSPS) is 17.5. The van der Waals surface area contributed by atoms with Crippen molar-refractivity contribution in [1.82, 2.24) is 15.1 Å². The lowest BCUT2D eigenvalue weighted by molar-refractivity contribution is 0.120. The van der Waals surface area contributed by atoms with Crippen molar-refractivity contribution in [2.45, 2.75) is 44.8 Å². The molecule has 4 nitrogen and oxygen atoms in total. The molecule has 1 heterocycles. The van der Waals surface area contributed by atoms with Gasteiger partial charge in [0, 0.05) is 12.7 Å². The maximum Gasteiger partial charge on any atom is 0.0907 e. The first-order chi connectivity index (χ1) is 8.40. The standard InChI is InChI=1S/C13H23N3O/c1-14-8-10-17-11-12-7-9-16(15-12)13-5-3-2-4-6-13/h7,9,13-14H,2-6,8,10-11H2,1H3. The summed E-state index contributed by atoms with van der Waals surface area (Å²) < 4.78 is 7.66. The molecule has 0 saturated heterocycles. The molecule has 0 aromatic carbocycles. The van der Waals surface area contributed by atoms with Crippen LogP contribution in [0.3, 0.4) is 0 Å². The highest BCUT2D eigenvalue weighted by atomic mass is 16.5. The topological polar surface area (TPSA) is 39.1 Å². The summed E-state index contributed by atoms with van der Waals surface area (Å²) in [6.07, 6.45) is 8.74. The molecule has 0 radical (unpaired) electrons. The number of nitrogens with zero attached hydrogens (tertiary/aromatic N) is 2. The Kier molecular flexibility index (Phi) is 5.01. The Morgan fingerprint density at radius 3 is 3.00 bits per heavy atom. The molecular formula is C13H23N3O. The summed E-state index contributed by atoms with van der Waals surface area (Å²) in [6, 6.07) is 2.70. The second kappa shape index (κ2) is 6.77. The number of nitrogens with one attached hydrogen (secondary N) is 1. The van der Waals surface area contributed by atoms with E-state index < -0.39 is 0 Å². The zero-order chi connectivity index (χ0) is 11.9. The van der Waals surface area contributed by atoms with Crippen LogP contribution < -0.4 is 5.32 Å². The van der Waals surface area contributed by atoms with E-state index in [-0.39, 0.29) is 0 Å². The zero-order valence-electron chi connectivity index (χ0n) is 10.7. The Balaban J connectivity index is 1.78. The van der Waals surface area contributed by atoms with Crippen LogP contribution in [0, 0.1) is 0 Å². The summed E-state index contributed by atoms with van der Waals surface area (Å²) in [5.74, 6) is 0. The molecule has 2 rings (SSSR count). The summed E-state index contributed by atoms with van der Waals surface area (Å²) in [5.41, 5.74) is 1.05. The summed E-state index contributed by atoms with van der Waals surface area (Å²) >= 11 is 0. The highest BCUT2D eigenvalue weighted by molar-refractivity contribution is 4.98. The van der Waals surface area contributed by atoms with E-state index >= 15 is 0 Å². The van der Waals surface area contributed by atoms with Crippen LogP contribution in [-0.2, 0) is 11.3 Å². The third-order valence-corrected chi connectivity index (χ3v) is 3.36. The first-order valence-corrected chi connectivity index (χ1v) is 6.66. The van der Waals surface area contributed by atoms with Crippen LogP contribution in [0.2, 0.25) is 0 Å². The maximum atomic E-state index is 5.52. The van der Waals surface area contributed by atoms with Crippen LogP contribution in [0.5, 0.6) is 0 Å². The number of hydrogen-bond acceptors (Lipinski definition) is 3. The van der Waals surface area contributed by atoms with Crippen LogP contribution in [0.15, 0.2) is 12.3 Å². The molecular weight excluding hydrogens is 214 g/mol. The van der Waals surface area contributed by atoms with Crippen molar-refractivity contribution in [3.05, 3.63) is 18.0 Å². The molecule has 96 valence electrons. The first kappa shape index (κ1) is 12.6. The summed E-state index contributed by atoms with van der Waals surface area (Å²) in [7, 11) is 1.93. The van der Waals surface area contributed by atoms with Crippen molar-refractivity contribution in [1.29, 1.82) is 0 Å². The second-order valence-corrected chi connectivity index (χ2v) is 4.74. The van der Waals surface area contributed by atoms with Gasteiger partial charge in [-0.05, 0) is 26.0 Å². The molecule has 0 bridgehead atoms. The lowest BCUT2D eigenvalue weighted by atomic mass is 9.96. The van der Waals surface area contributed by atoms with Crippen LogP contribution in [0.1, 0.15) is 43.8 Å². The molecule has 1 aromatic heterocycles. The van der Waals surface area contributed by atoms with Gasteiger partial charge < -0.3 is 10.1 Å². The Bertz CT molecular complexity index is 318. The van der Waals surface area contributed by atoms with Crippen LogP contribution in [-0.4, -0.2) is 30.0 Å². The van der Waals surface area contributed by atoms with E-state index in [4.69, 9.17) is 4.74 Å². The minimum Gasteiger partial charge on any atom is -0.374 e. The quantitative estimate of drug-likeness (QED) is 0.770. The van der Waals surface area contributed by atoms with Gasteiger partial charge in [-0.3, -0.25) is 4.68 Å². The minimum absolute atomic E-state index is 0.620. The average molecular weight is 237 g/mol. The van der Waals surface area contributed by atoms with Crippen LogP contribution >= 0.6 is 0 Å². The van der Waals surface area contributed by atoms with E-state index in [1.165, 1.54) is 32.1 Å². The van der Waals surface area contributed by atoms with Crippen molar-refractivity contribution in [2.24, 2.45) is 0 Å². The molecule has 0 atom stereocenters. The van der Waals surface area contributed by atoms with E-state index in [1.54, 1.807) is 0 Å². The van der Waals surface area contributed by atoms with Gasteiger partial charge in [-0.25, -0.2) is 0 Å². The third-order valence-electron chi connectivity index (χ3n) is 3.36. The van der Waals surface area contributed by atoms with Gasteiger partial charge in [-0.1, -0.05) is 19.3 Å². The Labute approximate surface area is 103 Å². The van der Waals surface area contributed by atoms with Gasteiger partial charge in [0.15, 0.2) is 0 Å². The second-order valence-electron chi connectivity index (χ2n) is 4.74. The molecule has 17 heavy (non-hydrogen) atoms. The lowest BCUT2D eigenvalue weighted by Gasteiger charge is -2.21. The van der Waals surface area contributed by atoms with Gasteiger partial charge in [0.05, 0.1) is 24.9 Å². The van der Waals surface area contributed by atoms with Crippen molar-refractivity contribution in [3.63, 3.8) is 0 Å². The van der Waals surface area contributed by atoms with E-state index in [0.29, 0.717) is 12.6 Å². The van der Waals surface area contributed by atoms with Gasteiger partial charge in [0.1, 0.15) is 0 Å². The summed E-state index contributed by atoms with van der Waals surface area (Å²) in [4.78, 5) is 0. The van der Waals surface area contributed by atoms with Gasteiger partial charge >= 0.3 is 0 Å². The first-order valence-electron chi connectivity index (χ1n) is 6.66. The van der Waals surface area contributed by atoms with Gasteiger partial charge in [0.25, 0.3) is 0 Å². The van der Waals surface area contributed by atoms with Crippen molar-refractivity contribution in [2.75, 3.05) is 20.2 Å². The van der Waals surface area contributed by atoms with Crippen LogP contribution in [0.25, 0.3) is 0 Å². The van der Waals surface area contributed by atoms with Gasteiger partial charge in [-0.15, -0.1) is 0 Å². The fourth-order valence-corrected chi connectivity index (χ4v) is 2.35. The summed E-state index contributed by atoms with van der Waals surface area (Å²) in [6.45, 7) is 2.26. The zero-order valence-corrected chi connectivity index (χ0v) is 10.7. The molecule has 4 heteroatoms. The molecule has 0 amide bonds. The number of likely N-dealkylation sites (N-methyl/N-ethyl adjacent to an activating group) is 1. The lowest BCUT2D eigenvalue weighted by Crippen LogP contribution is -2.15. The van der Waals surface area contributed by atoms with Gasteiger partial charge in [0.2, 0.25) is 0 Å². The largest absolute Gasteiger partial charge is 0.374 e. The van der Waals surface area contributed by atoms with E-state index in [2.05, 4.69) is 27.4 Å². The molecule has 1 N–H and O–H groups in total. The molecule has 1 aliphatic carbocycles. The Morgan fingerprint density at radius 2 is 2.24 bits per heavy atom. The molecule has 1 aliphatic rings. The average Bonchev–Trinajstić information content (AvgIpc) is 2.85. The van der Waals surface area contributed by atoms with Crippen LogP contribution in [0.4, 0.5) is 0 Å². The fraction of sp³-hybridized carbons (Fsp3) is 0.769. The number of aromatic nitrogens is 2. The number of hydrogen-bond donors (Lipinski definition) is 1. The minimum atomic E-state index is 0.620. The van der Waals surface area contributed by atoms with Gasteiger partial charge in [-0.2, -0.15) is 5.10 Å². The van der Waals surface area contributed by atoms with Crippen molar-refractivity contribution < 1.29 is 4.74 Å². The van der Waals surface area contributed by atoms with E-state index in [0.717, 1.165) is 18.8 Å². The fourth-order valence-electron chi connectivity index (χ4n) is 2.35. The molecule has 1 saturated carbocycles. The number of rotatable bonds is 6. The van der Waals surface area contributed by atoms with Crippen molar-refractivity contribution in [3.8, 4) is 0 Å².